The number of fused-ring (bicyclic) bond motifs is 1. The van der Waals surface area contributed by atoms with Gasteiger partial charge in [-0.25, -0.2) is 9.50 Å². The summed E-state index contributed by atoms with van der Waals surface area (Å²) in [4.78, 5) is 17.3. The predicted molar refractivity (Wildman–Crippen MR) is 112 cm³/mol. The molecule has 0 aliphatic carbocycles. The zero-order valence-corrected chi connectivity index (χ0v) is 17.0. The number of nitrogens with zero attached hydrogens (tertiary/aromatic N) is 5. The summed E-state index contributed by atoms with van der Waals surface area (Å²) in [5.41, 5.74) is 6.21. The number of carbonyl (C=O) groups excluding carboxylic acids is 1. The minimum absolute atomic E-state index is 0.0450. The SMILES string of the molecule is Cc1nn(C)c(C)c1CC(C)NC(=O)c1cnn2c(-c3ccccc3)ccnc12. The average Bonchev–Trinajstić information content (AvgIpc) is 3.25. The topological polar surface area (TPSA) is 77.1 Å². The molecular weight excluding hydrogens is 364 g/mol. The molecule has 0 radical (unpaired) electrons. The van der Waals surface area contributed by atoms with Gasteiger partial charge in [-0.15, -0.1) is 0 Å². The van der Waals surface area contributed by atoms with Gasteiger partial charge in [-0.05, 0) is 38.8 Å². The molecule has 1 amide bonds. The maximum atomic E-state index is 12.9. The first kappa shape index (κ1) is 18.9. The van der Waals surface area contributed by atoms with Crippen LogP contribution in [0, 0.1) is 13.8 Å². The van der Waals surface area contributed by atoms with E-state index in [0.717, 1.165) is 29.1 Å². The molecule has 0 aliphatic rings. The maximum absolute atomic E-state index is 12.9. The molecule has 0 saturated carbocycles. The minimum atomic E-state index is -0.176. The highest BCUT2D eigenvalue weighted by atomic mass is 16.1. The molecule has 1 atom stereocenters. The number of hydrogen-bond donors (Lipinski definition) is 1. The summed E-state index contributed by atoms with van der Waals surface area (Å²) in [7, 11) is 1.93. The van der Waals surface area contributed by atoms with Crippen LogP contribution in [0.3, 0.4) is 0 Å². The van der Waals surface area contributed by atoms with Crippen LogP contribution in [0.4, 0.5) is 0 Å². The van der Waals surface area contributed by atoms with Gasteiger partial charge in [0.15, 0.2) is 5.65 Å². The number of nitrogens with one attached hydrogen (secondary N) is 1. The Morgan fingerprint density at radius 3 is 2.62 bits per heavy atom. The molecule has 4 aromatic rings. The molecule has 0 spiro atoms. The van der Waals surface area contributed by atoms with E-state index < -0.39 is 0 Å². The highest BCUT2D eigenvalue weighted by Crippen LogP contribution is 2.21. The highest BCUT2D eigenvalue weighted by Gasteiger charge is 2.19. The molecule has 7 nitrogen and oxygen atoms in total. The van der Waals surface area contributed by atoms with Crippen molar-refractivity contribution in [2.24, 2.45) is 7.05 Å². The molecule has 4 rings (SSSR count). The first-order valence-electron chi connectivity index (χ1n) is 9.63. The third-order valence-corrected chi connectivity index (χ3v) is 5.26. The highest BCUT2D eigenvalue weighted by molar-refractivity contribution is 6.00. The summed E-state index contributed by atoms with van der Waals surface area (Å²) in [6, 6.07) is 11.8. The van der Waals surface area contributed by atoms with Crippen LogP contribution >= 0.6 is 0 Å². The van der Waals surface area contributed by atoms with E-state index in [-0.39, 0.29) is 11.9 Å². The van der Waals surface area contributed by atoms with Crippen molar-refractivity contribution in [2.45, 2.75) is 33.2 Å². The minimum Gasteiger partial charge on any atom is -0.349 e. The van der Waals surface area contributed by atoms with E-state index in [2.05, 4.69) is 20.5 Å². The average molecular weight is 388 g/mol. The monoisotopic (exact) mass is 388 g/mol. The van der Waals surface area contributed by atoms with Crippen LogP contribution in [0.15, 0.2) is 48.8 Å². The number of hydrogen-bond acceptors (Lipinski definition) is 4. The Hall–Kier alpha value is -3.48. The Morgan fingerprint density at radius 2 is 1.93 bits per heavy atom. The zero-order valence-electron chi connectivity index (χ0n) is 17.0. The molecular formula is C22H24N6O. The van der Waals surface area contributed by atoms with Crippen LogP contribution in [-0.2, 0) is 13.5 Å². The molecule has 3 aromatic heterocycles. The van der Waals surface area contributed by atoms with Gasteiger partial charge in [-0.2, -0.15) is 10.2 Å². The van der Waals surface area contributed by atoms with Crippen LogP contribution < -0.4 is 5.32 Å². The van der Waals surface area contributed by atoms with Crippen molar-refractivity contribution in [1.82, 2.24) is 29.7 Å². The first-order valence-corrected chi connectivity index (χ1v) is 9.63. The van der Waals surface area contributed by atoms with Gasteiger partial charge in [-0.3, -0.25) is 9.48 Å². The normalized spacial score (nSPS) is 12.3. The molecule has 1 aromatic carbocycles. The lowest BCUT2D eigenvalue weighted by atomic mass is 10.1. The van der Waals surface area contributed by atoms with Crippen LogP contribution in [0.1, 0.15) is 34.2 Å². The summed E-state index contributed by atoms with van der Waals surface area (Å²) < 4.78 is 3.59. The van der Waals surface area contributed by atoms with Crippen molar-refractivity contribution in [2.75, 3.05) is 0 Å². The molecule has 1 N–H and O–H groups in total. The standard InChI is InChI=1S/C22H24N6O/c1-14(12-18-15(2)26-27(4)16(18)3)25-22(29)19-13-24-28-20(10-11-23-21(19)28)17-8-6-5-7-9-17/h5-11,13-14H,12H2,1-4H3,(H,25,29). The van der Waals surface area contributed by atoms with E-state index in [4.69, 9.17) is 0 Å². The molecule has 0 bridgehead atoms. The van der Waals surface area contributed by atoms with Crippen LogP contribution in [0.2, 0.25) is 0 Å². The summed E-state index contributed by atoms with van der Waals surface area (Å²) in [5, 5.41) is 11.9. The fraction of sp³-hybridized carbons (Fsp3) is 0.273. The van der Waals surface area contributed by atoms with Crippen molar-refractivity contribution < 1.29 is 4.79 Å². The molecule has 0 aliphatic heterocycles. The smallest absolute Gasteiger partial charge is 0.256 e. The summed E-state index contributed by atoms with van der Waals surface area (Å²) in [5.74, 6) is -0.176. The lowest BCUT2D eigenvalue weighted by Gasteiger charge is -2.14. The van der Waals surface area contributed by atoms with Crippen molar-refractivity contribution in [3.8, 4) is 11.3 Å². The van der Waals surface area contributed by atoms with Crippen molar-refractivity contribution in [1.29, 1.82) is 0 Å². The molecule has 0 fully saturated rings. The number of amides is 1. The van der Waals surface area contributed by atoms with Crippen LogP contribution in [-0.4, -0.2) is 36.3 Å². The van der Waals surface area contributed by atoms with Gasteiger partial charge >= 0.3 is 0 Å². The second-order valence-corrected chi connectivity index (χ2v) is 7.34. The Bertz CT molecular complexity index is 1170. The number of aromatic nitrogens is 5. The van der Waals surface area contributed by atoms with Crippen LogP contribution in [0.5, 0.6) is 0 Å². The largest absolute Gasteiger partial charge is 0.349 e. The third-order valence-electron chi connectivity index (χ3n) is 5.26. The zero-order chi connectivity index (χ0) is 20.5. The quantitative estimate of drug-likeness (QED) is 0.570. The van der Waals surface area contributed by atoms with E-state index in [0.29, 0.717) is 11.2 Å². The number of rotatable bonds is 5. The Balaban J connectivity index is 1.58. The molecule has 29 heavy (non-hydrogen) atoms. The van der Waals surface area contributed by atoms with Crippen LogP contribution in [0.25, 0.3) is 16.9 Å². The lowest BCUT2D eigenvalue weighted by molar-refractivity contribution is 0.0941. The predicted octanol–water partition coefficient (Wildman–Crippen LogP) is 3.11. The molecule has 148 valence electrons. The van der Waals surface area contributed by atoms with Crippen molar-refractivity contribution >= 4 is 11.6 Å². The Morgan fingerprint density at radius 1 is 1.17 bits per heavy atom. The summed E-state index contributed by atoms with van der Waals surface area (Å²) in [6.45, 7) is 6.04. The second-order valence-electron chi connectivity index (χ2n) is 7.34. The molecule has 7 heteroatoms. The third kappa shape index (κ3) is 3.51. The number of benzene rings is 1. The number of aryl methyl sites for hydroxylation is 2. The Labute approximate surface area is 169 Å². The van der Waals surface area contributed by atoms with E-state index in [1.165, 1.54) is 5.56 Å². The van der Waals surface area contributed by atoms with Gasteiger partial charge in [0.1, 0.15) is 5.56 Å². The molecule has 0 saturated heterocycles. The fourth-order valence-corrected chi connectivity index (χ4v) is 3.65. The molecule has 1 unspecified atom stereocenters. The fourth-order valence-electron chi connectivity index (χ4n) is 3.65. The van der Waals surface area contributed by atoms with E-state index in [9.17, 15) is 4.79 Å². The second kappa shape index (κ2) is 7.50. The van der Waals surface area contributed by atoms with E-state index >= 15 is 0 Å². The number of carbonyl (C=O) groups is 1. The van der Waals surface area contributed by atoms with E-state index in [1.54, 1.807) is 16.9 Å². The maximum Gasteiger partial charge on any atom is 0.256 e. The Kier molecular flexibility index (Phi) is 4.88. The van der Waals surface area contributed by atoms with Gasteiger partial charge in [0.05, 0.1) is 17.6 Å². The van der Waals surface area contributed by atoms with Gasteiger partial charge < -0.3 is 5.32 Å². The van der Waals surface area contributed by atoms with Gasteiger partial charge in [0, 0.05) is 30.5 Å². The van der Waals surface area contributed by atoms with Gasteiger partial charge in [0.25, 0.3) is 5.91 Å². The summed E-state index contributed by atoms with van der Waals surface area (Å²) >= 11 is 0. The van der Waals surface area contributed by atoms with Gasteiger partial charge in [-0.1, -0.05) is 30.3 Å². The van der Waals surface area contributed by atoms with Crippen molar-refractivity contribution in [3.63, 3.8) is 0 Å². The molecule has 3 heterocycles. The van der Waals surface area contributed by atoms with Crippen molar-refractivity contribution in [3.05, 3.63) is 71.3 Å². The van der Waals surface area contributed by atoms with Gasteiger partial charge in [0.2, 0.25) is 0 Å². The van der Waals surface area contributed by atoms with E-state index in [1.807, 2.05) is 68.9 Å². The lowest BCUT2D eigenvalue weighted by Crippen LogP contribution is -2.34. The first-order chi connectivity index (χ1) is 14.0. The summed E-state index contributed by atoms with van der Waals surface area (Å²) in [6.07, 6.45) is 4.01.